The molecule has 2 aromatic carbocycles. The Balaban J connectivity index is 1.44. The second kappa shape index (κ2) is 7.97. The first-order valence-electron chi connectivity index (χ1n) is 9.22. The largest absolute Gasteiger partial charge is 0.490 e. The summed E-state index contributed by atoms with van der Waals surface area (Å²) in [6, 6.07) is 11.3. The monoisotopic (exact) mass is 394 g/mol. The molecule has 3 N–H and O–H groups in total. The predicted molar refractivity (Wildman–Crippen MR) is 108 cm³/mol. The molecule has 29 heavy (non-hydrogen) atoms. The number of nitrogens with one attached hydrogen (secondary N) is 1. The topological polar surface area (TPSA) is 76.8 Å². The van der Waals surface area contributed by atoms with Crippen molar-refractivity contribution >= 4 is 10.9 Å². The Hall–Kier alpha value is -3.32. The Labute approximate surface area is 166 Å². The van der Waals surface area contributed by atoms with E-state index < -0.39 is 11.6 Å². The number of benzene rings is 2. The molecule has 2 heterocycles. The minimum absolute atomic E-state index is 0.226. The maximum atomic E-state index is 13.3. The summed E-state index contributed by atoms with van der Waals surface area (Å²) < 4.78 is 32.1. The van der Waals surface area contributed by atoms with E-state index in [2.05, 4.69) is 21.2 Å². The molecule has 2 aromatic heterocycles. The molecule has 5 nitrogen and oxygen atoms in total. The van der Waals surface area contributed by atoms with Crippen LogP contribution in [0.4, 0.5) is 8.78 Å². The third-order valence-electron chi connectivity index (χ3n) is 4.74. The molecule has 1 atom stereocenters. The van der Waals surface area contributed by atoms with Crippen LogP contribution < -0.4 is 10.5 Å². The maximum Gasteiger partial charge on any atom is 0.159 e. The second-order valence-corrected chi connectivity index (χ2v) is 7.01. The van der Waals surface area contributed by atoms with Crippen molar-refractivity contribution in [3.8, 4) is 16.9 Å². The molecule has 0 aliphatic rings. The van der Waals surface area contributed by atoms with Gasteiger partial charge in [0.15, 0.2) is 11.6 Å². The normalized spacial score (nSPS) is 12.3. The van der Waals surface area contributed by atoms with Crippen LogP contribution in [0.2, 0.25) is 0 Å². The smallest absolute Gasteiger partial charge is 0.159 e. The number of ether oxygens (including phenoxy) is 1. The van der Waals surface area contributed by atoms with Crippen LogP contribution in [0.1, 0.15) is 11.3 Å². The van der Waals surface area contributed by atoms with Gasteiger partial charge in [-0.2, -0.15) is 5.10 Å². The zero-order valence-electron chi connectivity index (χ0n) is 15.8. The molecule has 0 spiro atoms. The lowest BCUT2D eigenvalue weighted by atomic mass is 10.0. The summed E-state index contributed by atoms with van der Waals surface area (Å²) in [5.74, 6) is -1.16. The molecule has 1 unspecified atom stereocenters. The zero-order chi connectivity index (χ0) is 20.4. The third-order valence-corrected chi connectivity index (χ3v) is 4.74. The number of hydrogen-bond donors (Lipinski definition) is 2. The van der Waals surface area contributed by atoms with E-state index in [9.17, 15) is 8.78 Å². The average molecular weight is 394 g/mol. The molecule has 0 bridgehead atoms. The number of aryl methyl sites for hydroxylation is 1. The van der Waals surface area contributed by atoms with Crippen molar-refractivity contribution in [1.82, 2.24) is 15.2 Å². The number of H-pyrrole nitrogens is 1. The first-order chi connectivity index (χ1) is 14.0. The third kappa shape index (κ3) is 4.25. The summed E-state index contributed by atoms with van der Waals surface area (Å²) in [5.41, 5.74) is 10.5. The van der Waals surface area contributed by atoms with Gasteiger partial charge in [-0.15, -0.1) is 0 Å². The summed E-state index contributed by atoms with van der Waals surface area (Å²) in [4.78, 5) is 4.25. The molecular weight excluding hydrogens is 374 g/mol. The van der Waals surface area contributed by atoms with Crippen molar-refractivity contribution in [1.29, 1.82) is 0 Å². The number of halogens is 2. The summed E-state index contributed by atoms with van der Waals surface area (Å²) in [6.07, 6.45) is 3.76. The number of hydrogen-bond acceptors (Lipinski definition) is 4. The van der Waals surface area contributed by atoms with Gasteiger partial charge in [0, 0.05) is 28.9 Å². The van der Waals surface area contributed by atoms with Crippen LogP contribution in [0.3, 0.4) is 0 Å². The van der Waals surface area contributed by atoms with Gasteiger partial charge in [-0.3, -0.25) is 10.1 Å². The lowest BCUT2D eigenvalue weighted by molar-refractivity contribution is 0.286. The Morgan fingerprint density at radius 1 is 1.03 bits per heavy atom. The Kier molecular flexibility index (Phi) is 5.22. The molecule has 4 rings (SSSR count). The van der Waals surface area contributed by atoms with E-state index in [0.29, 0.717) is 17.7 Å². The number of pyridine rings is 1. The second-order valence-electron chi connectivity index (χ2n) is 7.01. The van der Waals surface area contributed by atoms with Crippen LogP contribution in [0.25, 0.3) is 22.0 Å². The zero-order valence-corrected chi connectivity index (χ0v) is 15.8. The predicted octanol–water partition coefficient (Wildman–Crippen LogP) is 4.16. The molecule has 0 aliphatic heterocycles. The van der Waals surface area contributed by atoms with E-state index in [-0.39, 0.29) is 12.6 Å². The van der Waals surface area contributed by atoms with Crippen LogP contribution in [-0.2, 0) is 6.42 Å². The highest BCUT2D eigenvalue weighted by Crippen LogP contribution is 2.27. The highest BCUT2D eigenvalue weighted by molar-refractivity contribution is 5.86. The minimum atomic E-state index is -0.877. The fourth-order valence-corrected chi connectivity index (χ4v) is 3.20. The molecule has 0 saturated carbocycles. The summed E-state index contributed by atoms with van der Waals surface area (Å²) >= 11 is 0. The standard InChI is InChI=1S/C22H20F2N4O/c1-13-19-9-15(3-5-22(19)28-27-13)16-8-18(11-26-10-16)29-12-17(25)6-14-2-4-20(23)21(24)7-14/h2-5,7-11,17H,6,12,25H2,1H3,(H,27,28). The highest BCUT2D eigenvalue weighted by atomic mass is 19.2. The van der Waals surface area contributed by atoms with E-state index in [1.54, 1.807) is 12.4 Å². The van der Waals surface area contributed by atoms with Gasteiger partial charge in [-0.05, 0) is 54.8 Å². The molecule has 0 fully saturated rings. The van der Waals surface area contributed by atoms with Crippen molar-refractivity contribution in [3.05, 3.63) is 77.8 Å². The van der Waals surface area contributed by atoms with Gasteiger partial charge >= 0.3 is 0 Å². The van der Waals surface area contributed by atoms with Gasteiger partial charge in [-0.1, -0.05) is 12.1 Å². The highest BCUT2D eigenvalue weighted by Gasteiger charge is 2.10. The summed E-state index contributed by atoms with van der Waals surface area (Å²) in [5, 5.41) is 8.28. The first-order valence-corrected chi connectivity index (χ1v) is 9.22. The van der Waals surface area contributed by atoms with Crippen molar-refractivity contribution < 1.29 is 13.5 Å². The molecule has 0 aliphatic carbocycles. The lowest BCUT2D eigenvalue weighted by Crippen LogP contribution is -2.30. The van der Waals surface area contributed by atoms with E-state index in [1.165, 1.54) is 6.07 Å². The van der Waals surface area contributed by atoms with E-state index in [0.717, 1.165) is 39.9 Å². The lowest BCUT2D eigenvalue weighted by Gasteiger charge is -2.14. The number of fused-ring (bicyclic) bond motifs is 1. The van der Waals surface area contributed by atoms with E-state index in [1.807, 2.05) is 25.1 Å². The van der Waals surface area contributed by atoms with Crippen LogP contribution >= 0.6 is 0 Å². The molecule has 0 saturated heterocycles. The minimum Gasteiger partial charge on any atom is -0.490 e. The van der Waals surface area contributed by atoms with Crippen LogP contribution in [0.15, 0.2) is 54.9 Å². The maximum absolute atomic E-state index is 13.3. The first kappa shape index (κ1) is 19.0. The quantitative estimate of drug-likeness (QED) is 0.515. The summed E-state index contributed by atoms with van der Waals surface area (Å²) in [7, 11) is 0. The number of nitrogens with two attached hydrogens (primary N) is 1. The van der Waals surface area contributed by atoms with Gasteiger partial charge < -0.3 is 10.5 Å². The van der Waals surface area contributed by atoms with Crippen LogP contribution in [-0.4, -0.2) is 27.8 Å². The number of aromatic amines is 1. The fraction of sp³-hybridized carbons (Fsp3) is 0.182. The molecule has 7 heteroatoms. The Morgan fingerprint density at radius 2 is 1.90 bits per heavy atom. The van der Waals surface area contributed by atoms with Gasteiger partial charge in [0.05, 0.1) is 11.7 Å². The average Bonchev–Trinajstić information content (AvgIpc) is 3.10. The molecule has 4 aromatic rings. The molecular formula is C22H20F2N4O. The fourth-order valence-electron chi connectivity index (χ4n) is 3.20. The van der Waals surface area contributed by atoms with Gasteiger partial charge in [-0.25, -0.2) is 8.78 Å². The Morgan fingerprint density at radius 3 is 2.72 bits per heavy atom. The number of rotatable bonds is 6. The van der Waals surface area contributed by atoms with Crippen molar-refractivity contribution in [2.24, 2.45) is 5.73 Å². The van der Waals surface area contributed by atoms with Crippen molar-refractivity contribution in [3.63, 3.8) is 0 Å². The van der Waals surface area contributed by atoms with E-state index >= 15 is 0 Å². The van der Waals surface area contributed by atoms with Gasteiger partial charge in [0.1, 0.15) is 12.4 Å². The van der Waals surface area contributed by atoms with Crippen LogP contribution in [0, 0.1) is 18.6 Å². The van der Waals surface area contributed by atoms with E-state index in [4.69, 9.17) is 10.5 Å². The molecule has 0 amide bonds. The number of nitrogens with zero attached hydrogens (tertiary/aromatic N) is 2. The summed E-state index contributed by atoms with van der Waals surface area (Å²) in [6.45, 7) is 2.20. The van der Waals surface area contributed by atoms with Crippen molar-refractivity contribution in [2.75, 3.05) is 6.61 Å². The van der Waals surface area contributed by atoms with Crippen molar-refractivity contribution in [2.45, 2.75) is 19.4 Å². The molecule has 148 valence electrons. The van der Waals surface area contributed by atoms with Gasteiger partial charge in [0.25, 0.3) is 0 Å². The number of aromatic nitrogens is 3. The van der Waals surface area contributed by atoms with Crippen LogP contribution in [0.5, 0.6) is 5.75 Å². The Bertz CT molecular complexity index is 1160. The molecule has 0 radical (unpaired) electrons. The van der Waals surface area contributed by atoms with Gasteiger partial charge in [0.2, 0.25) is 0 Å². The SMILES string of the molecule is Cc1[nH]nc2ccc(-c3cncc(OCC(N)Cc4ccc(F)c(F)c4)c3)cc12.